The Labute approximate surface area is 181 Å². The van der Waals surface area contributed by atoms with E-state index in [4.69, 9.17) is 4.74 Å². The first kappa shape index (κ1) is 22.4. The Morgan fingerprint density at radius 2 is 1.89 bits per heavy atom. The summed E-state index contributed by atoms with van der Waals surface area (Å²) < 4.78 is 5.64. The minimum atomic E-state index is 0. The molecule has 152 valence electrons. The van der Waals surface area contributed by atoms with Crippen molar-refractivity contribution >= 4 is 29.9 Å². The topological polar surface area (TPSA) is 40.1 Å². The molecule has 0 saturated carbocycles. The Hall–Kier alpha value is -0.860. The fourth-order valence-electron chi connectivity index (χ4n) is 4.07. The molecule has 3 rings (SSSR count). The molecular formula is C21H35IN4O. The van der Waals surface area contributed by atoms with Crippen LogP contribution in [-0.2, 0) is 17.8 Å². The van der Waals surface area contributed by atoms with Gasteiger partial charge in [-0.3, -0.25) is 9.89 Å². The van der Waals surface area contributed by atoms with Gasteiger partial charge in [-0.25, -0.2) is 0 Å². The third-order valence-electron chi connectivity index (χ3n) is 5.91. The lowest BCUT2D eigenvalue weighted by Gasteiger charge is -2.25. The number of rotatable bonds is 6. The standard InChI is InChI=1S/C21H34N4O.HI/c1-4-24(5-2)15-19-8-6-18(7-9-19)14-23-20(22-3)25-12-10-21(16-25)11-13-26-17-21;/h6-9H,4-5,10-17H2,1-3H3,(H,22,23);1H. The molecule has 6 heteroatoms. The van der Waals surface area contributed by atoms with Crippen LogP contribution in [0.3, 0.4) is 0 Å². The van der Waals surface area contributed by atoms with Gasteiger partial charge in [0.05, 0.1) is 6.61 Å². The minimum Gasteiger partial charge on any atom is -0.381 e. The van der Waals surface area contributed by atoms with Crippen molar-refractivity contribution in [2.75, 3.05) is 46.4 Å². The highest BCUT2D eigenvalue weighted by atomic mass is 127. The second-order valence-electron chi connectivity index (χ2n) is 7.65. The smallest absolute Gasteiger partial charge is 0.193 e. The average Bonchev–Trinajstić information content (AvgIpc) is 3.31. The van der Waals surface area contributed by atoms with Gasteiger partial charge in [0, 0.05) is 45.2 Å². The zero-order valence-corrected chi connectivity index (χ0v) is 19.4. The van der Waals surface area contributed by atoms with Crippen molar-refractivity contribution in [2.45, 2.75) is 39.8 Å². The van der Waals surface area contributed by atoms with Gasteiger partial charge in [0.15, 0.2) is 5.96 Å². The maximum absolute atomic E-state index is 5.64. The van der Waals surface area contributed by atoms with E-state index in [0.29, 0.717) is 5.41 Å². The maximum atomic E-state index is 5.64. The van der Waals surface area contributed by atoms with E-state index in [1.165, 1.54) is 24.0 Å². The fourth-order valence-corrected chi connectivity index (χ4v) is 4.07. The molecule has 0 bridgehead atoms. The number of hydrogen-bond acceptors (Lipinski definition) is 3. The Balaban J connectivity index is 0.00000261. The fraction of sp³-hybridized carbons (Fsp3) is 0.667. The molecule has 0 aromatic heterocycles. The molecule has 1 spiro atoms. The number of benzene rings is 1. The van der Waals surface area contributed by atoms with Crippen molar-refractivity contribution in [3.63, 3.8) is 0 Å². The van der Waals surface area contributed by atoms with Gasteiger partial charge in [-0.15, -0.1) is 24.0 Å². The first-order valence-corrected chi connectivity index (χ1v) is 10.0. The zero-order valence-electron chi connectivity index (χ0n) is 17.0. The summed E-state index contributed by atoms with van der Waals surface area (Å²) in [5.74, 6) is 1.01. The SMILES string of the molecule is CCN(CC)Cc1ccc(CNC(=NC)N2CCC3(CCOC3)C2)cc1.I. The van der Waals surface area contributed by atoms with Crippen LogP contribution >= 0.6 is 24.0 Å². The largest absolute Gasteiger partial charge is 0.381 e. The van der Waals surface area contributed by atoms with Crippen molar-refractivity contribution in [1.82, 2.24) is 15.1 Å². The number of hydrogen-bond donors (Lipinski definition) is 1. The second-order valence-corrected chi connectivity index (χ2v) is 7.65. The molecule has 1 N–H and O–H groups in total. The van der Waals surface area contributed by atoms with Gasteiger partial charge in [-0.1, -0.05) is 38.1 Å². The zero-order chi connectivity index (χ0) is 18.4. The molecule has 0 radical (unpaired) electrons. The van der Waals surface area contributed by atoms with Crippen LogP contribution in [0.25, 0.3) is 0 Å². The van der Waals surface area contributed by atoms with E-state index in [-0.39, 0.29) is 24.0 Å². The molecule has 1 aromatic rings. The lowest BCUT2D eigenvalue weighted by atomic mass is 9.87. The molecule has 2 aliphatic heterocycles. The molecule has 2 aliphatic rings. The highest BCUT2D eigenvalue weighted by Gasteiger charge is 2.42. The van der Waals surface area contributed by atoms with Crippen LogP contribution in [0.4, 0.5) is 0 Å². The van der Waals surface area contributed by atoms with E-state index in [1.807, 2.05) is 7.05 Å². The molecule has 27 heavy (non-hydrogen) atoms. The first-order valence-electron chi connectivity index (χ1n) is 10.0. The number of guanidine groups is 1. The summed E-state index contributed by atoms with van der Waals surface area (Å²) >= 11 is 0. The average molecular weight is 486 g/mol. The highest BCUT2D eigenvalue weighted by molar-refractivity contribution is 14.0. The molecular weight excluding hydrogens is 451 g/mol. The molecule has 1 unspecified atom stereocenters. The number of nitrogens with one attached hydrogen (secondary N) is 1. The van der Waals surface area contributed by atoms with Gasteiger partial charge in [0.25, 0.3) is 0 Å². The van der Waals surface area contributed by atoms with E-state index < -0.39 is 0 Å². The predicted molar refractivity (Wildman–Crippen MR) is 123 cm³/mol. The summed E-state index contributed by atoms with van der Waals surface area (Å²) in [6.07, 6.45) is 2.41. The number of halogens is 1. The number of ether oxygens (including phenoxy) is 1. The molecule has 0 aliphatic carbocycles. The third kappa shape index (κ3) is 5.81. The Morgan fingerprint density at radius 1 is 1.19 bits per heavy atom. The molecule has 1 aromatic carbocycles. The van der Waals surface area contributed by atoms with Crippen LogP contribution in [0, 0.1) is 5.41 Å². The highest BCUT2D eigenvalue weighted by Crippen LogP contribution is 2.38. The van der Waals surface area contributed by atoms with Crippen LogP contribution < -0.4 is 5.32 Å². The van der Waals surface area contributed by atoms with Gasteiger partial charge in [0.1, 0.15) is 0 Å². The normalized spacial score (nSPS) is 22.5. The Morgan fingerprint density at radius 3 is 2.48 bits per heavy atom. The lowest BCUT2D eigenvalue weighted by molar-refractivity contribution is 0.156. The number of nitrogens with zero attached hydrogens (tertiary/aromatic N) is 3. The van der Waals surface area contributed by atoms with E-state index in [1.54, 1.807) is 0 Å². The van der Waals surface area contributed by atoms with Crippen molar-refractivity contribution in [1.29, 1.82) is 0 Å². The van der Waals surface area contributed by atoms with Crippen molar-refractivity contribution in [2.24, 2.45) is 10.4 Å². The summed E-state index contributed by atoms with van der Waals surface area (Å²) in [7, 11) is 1.88. The monoisotopic (exact) mass is 486 g/mol. The molecule has 5 nitrogen and oxygen atoms in total. The second kappa shape index (κ2) is 10.6. The first-order chi connectivity index (χ1) is 12.7. The summed E-state index contributed by atoms with van der Waals surface area (Å²) in [4.78, 5) is 9.33. The van der Waals surface area contributed by atoms with Crippen LogP contribution in [0.5, 0.6) is 0 Å². The van der Waals surface area contributed by atoms with E-state index in [2.05, 4.69) is 58.2 Å². The van der Waals surface area contributed by atoms with Gasteiger partial charge in [-0.2, -0.15) is 0 Å². The van der Waals surface area contributed by atoms with E-state index >= 15 is 0 Å². The summed E-state index contributed by atoms with van der Waals surface area (Å²) in [5.41, 5.74) is 3.04. The molecule has 2 heterocycles. The molecule has 1 atom stereocenters. The van der Waals surface area contributed by atoms with Gasteiger partial charge < -0.3 is 15.0 Å². The maximum Gasteiger partial charge on any atom is 0.193 e. The van der Waals surface area contributed by atoms with Crippen molar-refractivity contribution < 1.29 is 4.74 Å². The Bertz CT molecular complexity index is 595. The van der Waals surface area contributed by atoms with Crippen molar-refractivity contribution in [3.8, 4) is 0 Å². The van der Waals surface area contributed by atoms with Crippen LogP contribution in [0.15, 0.2) is 29.3 Å². The lowest BCUT2D eigenvalue weighted by Crippen LogP contribution is -2.41. The summed E-state index contributed by atoms with van der Waals surface area (Å²) in [6, 6.07) is 8.96. The summed E-state index contributed by atoms with van der Waals surface area (Å²) in [6.45, 7) is 12.4. The van der Waals surface area contributed by atoms with Crippen LogP contribution in [-0.4, -0.2) is 62.2 Å². The quantitative estimate of drug-likeness (QED) is 0.381. The summed E-state index contributed by atoms with van der Waals surface area (Å²) in [5, 5.41) is 3.54. The Kier molecular flexibility index (Phi) is 8.82. The van der Waals surface area contributed by atoms with Gasteiger partial charge in [0.2, 0.25) is 0 Å². The number of likely N-dealkylation sites (tertiary alicyclic amines) is 1. The van der Waals surface area contributed by atoms with E-state index in [0.717, 1.165) is 58.4 Å². The molecule has 0 amide bonds. The minimum absolute atomic E-state index is 0. The van der Waals surface area contributed by atoms with E-state index in [9.17, 15) is 0 Å². The van der Waals surface area contributed by atoms with Crippen LogP contribution in [0.1, 0.15) is 37.8 Å². The van der Waals surface area contributed by atoms with Gasteiger partial charge in [-0.05, 0) is 37.1 Å². The van der Waals surface area contributed by atoms with Gasteiger partial charge >= 0.3 is 0 Å². The van der Waals surface area contributed by atoms with Crippen LogP contribution in [0.2, 0.25) is 0 Å². The molecule has 2 fully saturated rings. The van der Waals surface area contributed by atoms with Crippen molar-refractivity contribution in [3.05, 3.63) is 35.4 Å². The molecule has 2 saturated heterocycles. The third-order valence-corrected chi connectivity index (χ3v) is 5.91. The predicted octanol–water partition coefficient (Wildman–Crippen LogP) is 3.33. The number of aliphatic imine (C=N–C) groups is 1.